The van der Waals surface area contributed by atoms with E-state index in [1.165, 1.54) is 38.2 Å². The second kappa shape index (κ2) is 6.17. The Bertz CT molecular complexity index is 334. The number of nitrogens with zero attached hydrogens (tertiary/aromatic N) is 3. The third-order valence-corrected chi connectivity index (χ3v) is 3.57. The molecular formula is C13H24N4. The number of hydrogen-bond acceptors (Lipinski definition) is 3. The molecule has 2 rings (SSSR count). The number of nitrogens with one attached hydrogen (secondary N) is 1. The first-order chi connectivity index (χ1) is 8.25. The fraction of sp³-hybridized carbons (Fsp3) is 0.769. The molecule has 1 aromatic heterocycles. The zero-order valence-electron chi connectivity index (χ0n) is 11.0. The minimum atomic E-state index is 0.876. The molecule has 1 atom stereocenters. The monoisotopic (exact) mass is 236 g/mol. The summed E-state index contributed by atoms with van der Waals surface area (Å²) in [4.78, 5) is 6.69. The van der Waals surface area contributed by atoms with E-state index in [0.29, 0.717) is 0 Å². The molecule has 1 aliphatic heterocycles. The van der Waals surface area contributed by atoms with Gasteiger partial charge in [0.1, 0.15) is 0 Å². The van der Waals surface area contributed by atoms with Gasteiger partial charge in [0.15, 0.2) is 0 Å². The van der Waals surface area contributed by atoms with Crippen LogP contribution in [0.25, 0.3) is 0 Å². The number of aromatic nitrogens is 2. The van der Waals surface area contributed by atoms with Gasteiger partial charge in [0.25, 0.3) is 0 Å². The molecule has 1 aliphatic rings. The minimum Gasteiger partial charge on any atom is -0.337 e. The normalized spacial score (nSPS) is 21.9. The highest BCUT2D eigenvalue weighted by atomic mass is 15.1. The Hall–Kier alpha value is -0.870. The molecule has 96 valence electrons. The zero-order chi connectivity index (χ0) is 12.1. The molecule has 0 bridgehead atoms. The number of hydrogen-bond donors (Lipinski definition) is 1. The van der Waals surface area contributed by atoms with E-state index in [2.05, 4.69) is 26.7 Å². The Kier molecular flexibility index (Phi) is 4.57. The zero-order valence-corrected chi connectivity index (χ0v) is 11.0. The van der Waals surface area contributed by atoms with Gasteiger partial charge in [0, 0.05) is 39.4 Å². The molecule has 17 heavy (non-hydrogen) atoms. The first kappa shape index (κ1) is 12.6. The predicted molar refractivity (Wildman–Crippen MR) is 69.8 cm³/mol. The van der Waals surface area contributed by atoms with Crippen molar-refractivity contribution in [1.82, 2.24) is 19.8 Å². The molecule has 0 spiro atoms. The average Bonchev–Trinajstić information content (AvgIpc) is 2.71. The molecule has 0 unspecified atom stereocenters. The van der Waals surface area contributed by atoms with Gasteiger partial charge in [-0.3, -0.25) is 0 Å². The van der Waals surface area contributed by atoms with Crippen molar-refractivity contribution in [1.29, 1.82) is 0 Å². The van der Waals surface area contributed by atoms with Gasteiger partial charge in [-0.25, -0.2) is 4.98 Å². The Balaban J connectivity index is 1.61. The van der Waals surface area contributed by atoms with Crippen molar-refractivity contribution < 1.29 is 0 Å². The maximum absolute atomic E-state index is 4.11. The smallest absolute Gasteiger partial charge is 0.0945 e. The molecule has 4 nitrogen and oxygen atoms in total. The fourth-order valence-corrected chi connectivity index (χ4v) is 2.50. The maximum atomic E-state index is 4.11. The second-order valence-electron chi connectivity index (χ2n) is 5.22. The van der Waals surface area contributed by atoms with Crippen LogP contribution in [0.3, 0.4) is 0 Å². The number of piperidine rings is 1. The van der Waals surface area contributed by atoms with Gasteiger partial charge in [-0.15, -0.1) is 0 Å². The van der Waals surface area contributed by atoms with Gasteiger partial charge >= 0.3 is 0 Å². The Morgan fingerprint density at radius 1 is 1.53 bits per heavy atom. The highest BCUT2D eigenvalue weighted by Crippen LogP contribution is 2.14. The van der Waals surface area contributed by atoms with Gasteiger partial charge in [0.05, 0.1) is 12.0 Å². The third-order valence-electron chi connectivity index (χ3n) is 3.57. The van der Waals surface area contributed by atoms with E-state index in [1.807, 2.05) is 19.6 Å². The van der Waals surface area contributed by atoms with Crippen molar-refractivity contribution in [3.63, 3.8) is 0 Å². The lowest BCUT2D eigenvalue weighted by atomic mass is 10.0. The lowest BCUT2D eigenvalue weighted by Gasteiger charge is -2.30. The van der Waals surface area contributed by atoms with E-state index in [1.54, 1.807) is 0 Å². The molecule has 1 aromatic rings. The third kappa shape index (κ3) is 3.82. The summed E-state index contributed by atoms with van der Waals surface area (Å²) in [5.74, 6) is 0.876. The van der Waals surface area contributed by atoms with Crippen LogP contribution in [0.5, 0.6) is 0 Å². The van der Waals surface area contributed by atoms with E-state index in [9.17, 15) is 0 Å². The molecule has 2 heterocycles. The Labute approximate surface area is 104 Å². The van der Waals surface area contributed by atoms with Gasteiger partial charge in [-0.05, 0) is 25.3 Å². The molecule has 4 heteroatoms. The van der Waals surface area contributed by atoms with Crippen LogP contribution in [0.1, 0.15) is 25.5 Å². The maximum Gasteiger partial charge on any atom is 0.0945 e. The number of rotatable bonds is 5. The summed E-state index contributed by atoms with van der Waals surface area (Å²) in [6, 6.07) is 0. The summed E-state index contributed by atoms with van der Waals surface area (Å²) in [7, 11) is 2.04. The van der Waals surface area contributed by atoms with E-state index in [4.69, 9.17) is 0 Å². The summed E-state index contributed by atoms with van der Waals surface area (Å²) < 4.78 is 2.07. The standard InChI is InChI=1S/C13H24N4/c1-12-4-3-6-17(10-12)7-5-14-8-13-9-15-11-16(13)2/h9,11-12,14H,3-8,10H2,1-2H3/t12-/m1/s1. The van der Waals surface area contributed by atoms with Gasteiger partial charge in [-0.2, -0.15) is 0 Å². The molecule has 0 radical (unpaired) electrons. The van der Waals surface area contributed by atoms with Crippen LogP contribution < -0.4 is 5.32 Å². The summed E-state index contributed by atoms with van der Waals surface area (Å²) in [5.41, 5.74) is 1.25. The van der Waals surface area contributed by atoms with E-state index in [-0.39, 0.29) is 0 Å². The Morgan fingerprint density at radius 3 is 3.12 bits per heavy atom. The number of aryl methyl sites for hydroxylation is 1. The molecule has 0 saturated carbocycles. The molecule has 1 saturated heterocycles. The Morgan fingerprint density at radius 2 is 2.41 bits per heavy atom. The van der Waals surface area contributed by atoms with Crippen molar-refractivity contribution in [2.45, 2.75) is 26.3 Å². The second-order valence-corrected chi connectivity index (χ2v) is 5.22. The van der Waals surface area contributed by atoms with E-state index in [0.717, 1.165) is 19.0 Å². The van der Waals surface area contributed by atoms with Crippen LogP contribution in [0.4, 0.5) is 0 Å². The lowest BCUT2D eigenvalue weighted by molar-refractivity contribution is 0.184. The first-order valence-electron chi connectivity index (χ1n) is 6.64. The van der Waals surface area contributed by atoms with Crippen LogP contribution in [-0.4, -0.2) is 40.6 Å². The molecule has 1 N–H and O–H groups in total. The van der Waals surface area contributed by atoms with Gasteiger partial charge < -0.3 is 14.8 Å². The van der Waals surface area contributed by atoms with E-state index >= 15 is 0 Å². The highest BCUT2D eigenvalue weighted by molar-refractivity contribution is 4.96. The quantitative estimate of drug-likeness (QED) is 0.781. The van der Waals surface area contributed by atoms with Crippen LogP contribution in [0.15, 0.2) is 12.5 Å². The fourth-order valence-electron chi connectivity index (χ4n) is 2.50. The van der Waals surface area contributed by atoms with Crippen molar-refractivity contribution in [3.8, 4) is 0 Å². The molecule has 0 aliphatic carbocycles. The number of imidazole rings is 1. The minimum absolute atomic E-state index is 0.876. The number of likely N-dealkylation sites (tertiary alicyclic amines) is 1. The van der Waals surface area contributed by atoms with Gasteiger partial charge in [0.2, 0.25) is 0 Å². The predicted octanol–water partition coefficient (Wildman–Crippen LogP) is 1.24. The molecular weight excluding hydrogens is 212 g/mol. The van der Waals surface area contributed by atoms with Crippen molar-refractivity contribution in [3.05, 3.63) is 18.2 Å². The average molecular weight is 236 g/mol. The van der Waals surface area contributed by atoms with Crippen molar-refractivity contribution in [2.24, 2.45) is 13.0 Å². The van der Waals surface area contributed by atoms with Crippen molar-refractivity contribution >= 4 is 0 Å². The van der Waals surface area contributed by atoms with Crippen LogP contribution in [0.2, 0.25) is 0 Å². The van der Waals surface area contributed by atoms with Crippen LogP contribution >= 0.6 is 0 Å². The lowest BCUT2D eigenvalue weighted by Crippen LogP contribution is -2.38. The molecule has 0 amide bonds. The SMILES string of the molecule is C[C@@H]1CCCN(CCNCc2cncn2C)C1. The highest BCUT2D eigenvalue weighted by Gasteiger charge is 2.15. The summed E-state index contributed by atoms with van der Waals surface area (Å²) in [6.07, 6.45) is 6.54. The van der Waals surface area contributed by atoms with Gasteiger partial charge in [-0.1, -0.05) is 6.92 Å². The van der Waals surface area contributed by atoms with E-state index < -0.39 is 0 Å². The van der Waals surface area contributed by atoms with Crippen LogP contribution in [0, 0.1) is 5.92 Å². The summed E-state index contributed by atoms with van der Waals surface area (Å²) in [5, 5.41) is 3.49. The molecule has 0 aromatic carbocycles. The topological polar surface area (TPSA) is 33.1 Å². The largest absolute Gasteiger partial charge is 0.337 e. The first-order valence-corrected chi connectivity index (χ1v) is 6.64. The summed E-state index contributed by atoms with van der Waals surface area (Å²) >= 11 is 0. The van der Waals surface area contributed by atoms with Crippen molar-refractivity contribution in [2.75, 3.05) is 26.2 Å². The van der Waals surface area contributed by atoms with Crippen LogP contribution in [-0.2, 0) is 13.6 Å². The molecule has 1 fully saturated rings. The summed E-state index contributed by atoms with van der Waals surface area (Å²) in [6.45, 7) is 8.06.